The van der Waals surface area contributed by atoms with Crippen LogP contribution >= 0.6 is 11.3 Å². The van der Waals surface area contributed by atoms with Crippen LogP contribution in [0.2, 0.25) is 0 Å². The number of carbonyl (C=O) groups is 1. The van der Waals surface area contributed by atoms with Gasteiger partial charge in [-0.3, -0.25) is 4.79 Å². The van der Waals surface area contributed by atoms with Crippen LogP contribution in [0.4, 0.5) is 5.13 Å². The summed E-state index contributed by atoms with van der Waals surface area (Å²) in [5.74, 6) is -0.245. The highest BCUT2D eigenvalue weighted by Gasteiger charge is 2.34. The van der Waals surface area contributed by atoms with Crippen LogP contribution < -0.4 is 5.32 Å². The van der Waals surface area contributed by atoms with E-state index >= 15 is 0 Å². The summed E-state index contributed by atoms with van der Waals surface area (Å²) < 4.78 is 5.11. The quantitative estimate of drug-likeness (QED) is 0.851. The van der Waals surface area contributed by atoms with E-state index in [1.807, 2.05) is 6.92 Å². The smallest absolute Gasteiger partial charge is 0.315 e. The molecule has 0 radical (unpaired) electrons. The minimum Gasteiger partial charge on any atom is -0.465 e. The van der Waals surface area contributed by atoms with E-state index < -0.39 is 0 Å². The van der Waals surface area contributed by atoms with Crippen LogP contribution in [0.1, 0.15) is 49.1 Å². The van der Waals surface area contributed by atoms with Crippen molar-refractivity contribution in [1.29, 1.82) is 0 Å². The second kappa shape index (κ2) is 4.88. The zero-order chi connectivity index (χ0) is 12.5. The van der Waals surface area contributed by atoms with E-state index in [4.69, 9.17) is 4.74 Å². The van der Waals surface area contributed by atoms with Crippen molar-refractivity contribution in [2.24, 2.45) is 0 Å². The average molecular weight is 266 g/mol. The van der Waals surface area contributed by atoms with Crippen molar-refractivity contribution < 1.29 is 9.53 Å². The van der Waals surface area contributed by atoms with Gasteiger partial charge in [-0.1, -0.05) is 0 Å². The number of esters is 1. The molecule has 1 atom stereocenters. The molecule has 2 aliphatic rings. The van der Waals surface area contributed by atoms with Crippen molar-refractivity contribution in [2.75, 3.05) is 11.9 Å². The number of nitrogens with zero attached hydrogens (tertiary/aromatic N) is 1. The number of carbonyl (C=O) groups excluding carboxylic acids is 1. The molecule has 0 spiro atoms. The summed E-state index contributed by atoms with van der Waals surface area (Å²) >= 11 is 1.71. The van der Waals surface area contributed by atoms with Gasteiger partial charge in [0.15, 0.2) is 5.13 Å². The fourth-order valence-corrected chi connectivity index (χ4v) is 3.60. The number of rotatable bonds is 4. The zero-order valence-corrected chi connectivity index (χ0v) is 11.4. The Morgan fingerprint density at radius 3 is 3.00 bits per heavy atom. The first kappa shape index (κ1) is 12.0. The lowest BCUT2D eigenvalue weighted by Gasteiger charge is -2.25. The molecule has 18 heavy (non-hydrogen) atoms. The Morgan fingerprint density at radius 1 is 1.50 bits per heavy atom. The molecule has 0 amide bonds. The Bertz CT molecular complexity index is 454. The van der Waals surface area contributed by atoms with E-state index in [9.17, 15) is 4.79 Å². The van der Waals surface area contributed by atoms with Crippen LogP contribution in [0.15, 0.2) is 0 Å². The van der Waals surface area contributed by atoms with Crippen molar-refractivity contribution in [3.8, 4) is 0 Å². The van der Waals surface area contributed by atoms with Crippen molar-refractivity contribution in [2.45, 2.75) is 51.0 Å². The van der Waals surface area contributed by atoms with Crippen LogP contribution in [0.5, 0.6) is 0 Å². The number of hydrogen-bond donors (Lipinski definition) is 1. The summed E-state index contributed by atoms with van der Waals surface area (Å²) in [6.07, 6.45) is 5.62. The molecule has 0 aliphatic heterocycles. The van der Waals surface area contributed by atoms with Gasteiger partial charge < -0.3 is 10.1 Å². The van der Waals surface area contributed by atoms with E-state index in [1.165, 1.54) is 24.1 Å². The summed E-state index contributed by atoms with van der Waals surface area (Å²) in [5, 5.41) is 4.44. The molecule has 1 saturated carbocycles. The number of fused-ring (bicyclic) bond motifs is 1. The van der Waals surface area contributed by atoms with Crippen molar-refractivity contribution in [3.05, 3.63) is 10.6 Å². The van der Waals surface area contributed by atoms with Gasteiger partial charge in [0.25, 0.3) is 0 Å². The maximum atomic E-state index is 11.8. The monoisotopic (exact) mass is 266 g/mol. The summed E-state index contributed by atoms with van der Waals surface area (Å²) in [4.78, 5) is 17.7. The second-order valence-electron chi connectivity index (χ2n) is 4.94. The molecule has 1 aromatic rings. The Labute approximate surface area is 111 Å². The number of hydrogen-bond acceptors (Lipinski definition) is 5. The number of aromatic nitrogens is 1. The van der Waals surface area contributed by atoms with Gasteiger partial charge in [-0.2, -0.15) is 0 Å². The molecule has 1 fully saturated rings. The van der Waals surface area contributed by atoms with E-state index in [-0.39, 0.29) is 11.9 Å². The highest BCUT2D eigenvalue weighted by Crippen LogP contribution is 2.39. The fraction of sp³-hybridized carbons (Fsp3) is 0.692. The van der Waals surface area contributed by atoms with Crippen LogP contribution in [0.3, 0.4) is 0 Å². The van der Waals surface area contributed by atoms with Gasteiger partial charge in [0.05, 0.1) is 12.3 Å². The van der Waals surface area contributed by atoms with Crippen molar-refractivity contribution >= 4 is 22.4 Å². The number of aryl methyl sites for hydroxylation is 1. The van der Waals surface area contributed by atoms with Crippen LogP contribution in [0.25, 0.3) is 0 Å². The molecule has 4 nitrogen and oxygen atoms in total. The zero-order valence-electron chi connectivity index (χ0n) is 10.6. The van der Waals surface area contributed by atoms with Gasteiger partial charge in [0, 0.05) is 10.9 Å². The Hall–Kier alpha value is -1.10. The van der Waals surface area contributed by atoms with E-state index in [2.05, 4.69) is 10.3 Å². The lowest BCUT2D eigenvalue weighted by molar-refractivity contribution is -0.145. The first-order chi connectivity index (χ1) is 8.78. The third kappa shape index (κ3) is 2.11. The molecule has 0 aromatic carbocycles. The predicted octanol–water partition coefficient (Wildman–Crippen LogP) is 2.70. The molecule has 98 valence electrons. The largest absolute Gasteiger partial charge is 0.465 e. The SMILES string of the molecule is CCOC(=O)C1CCc2sc(NC3CCC3)nc21. The predicted molar refractivity (Wildman–Crippen MR) is 71.1 cm³/mol. The maximum Gasteiger partial charge on any atom is 0.315 e. The number of ether oxygens (including phenoxy) is 1. The lowest BCUT2D eigenvalue weighted by Crippen LogP contribution is -2.26. The minimum atomic E-state index is -0.131. The average Bonchev–Trinajstić information content (AvgIpc) is 2.82. The summed E-state index contributed by atoms with van der Waals surface area (Å²) in [5.41, 5.74) is 0.959. The molecule has 0 saturated heterocycles. The standard InChI is InChI=1S/C13H18N2O2S/c1-2-17-12(16)9-6-7-10-11(9)15-13(18-10)14-8-4-3-5-8/h8-9H,2-7H2,1H3,(H,14,15). The summed E-state index contributed by atoms with van der Waals surface area (Å²) in [6, 6.07) is 0.595. The first-order valence-electron chi connectivity index (χ1n) is 6.70. The molecule has 2 aliphatic carbocycles. The normalized spacial score (nSPS) is 22.4. The molecular formula is C13H18N2O2S. The molecule has 1 aromatic heterocycles. The summed E-state index contributed by atoms with van der Waals surface area (Å²) in [6.45, 7) is 2.29. The molecule has 0 bridgehead atoms. The van der Waals surface area contributed by atoms with E-state index in [0.29, 0.717) is 12.6 Å². The Balaban J connectivity index is 1.72. The minimum absolute atomic E-state index is 0.114. The van der Waals surface area contributed by atoms with Crippen molar-refractivity contribution in [1.82, 2.24) is 4.98 Å². The highest BCUT2D eigenvalue weighted by molar-refractivity contribution is 7.15. The molecule has 5 heteroatoms. The van der Waals surface area contributed by atoms with Gasteiger partial charge in [-0.25, -0.2) is 4.98 Å². The fourth-order valence-electron chi connectivity index (χ4n) is 2.49. The van der Waals surface area contributed by atoms with Crippen LogP contribution in [-0.4, -0.2) is 23.6 Å². The second-order valence-corrected chi connectivity index (χ2v) is 6.03. The van der Waals surface area contributed by atoms with Gasteiger partial charge in [-0.05, 0) is 39.0 Å². The maximum absolute atomic E-state index is 11.8. The van der Waals surface area contributed by atoms with E-state index in [1.54, 1.807) is 11.3 Å². The molecule has 3 rings (SSSR count). The first-order valence-corrected chi connectivity index (χ1v) is 7.52. The van der Waals surface area contributed by atoms with Crippen molar-refractivity contribution in [3.63, 3.8) is 0 Å². The van der Waals surface area contributed by atoms with Gasteiger partial charge in [-0.15, -0.1) is 11.3 Å². The van der Waals surface area contributed by atoms with Gasteiger partial charge >= 0.3 is 5.97 Å². The number of thiazole rings is 1. The van der Waals surface area contributed by atoms with E-state index in [0.717, 1.165) is 23.7 Å². The third-order valence-corrected chi connectivity index (χ3v) is 4.78. The molecular weight excluding hydrogens is 248 g/mol. The Morgan fingerprint density at radius 2 is 2.33 bits per heavy atom. The number of nitrogens with one attached hydrogen (secondary N) is 1. The van der Waals surface area contributed by atoms with Crippen LogP contribution in [0, 0.1) is 0 Å². The third-order valence-electron chi connectivity index (χ3n) is 3.72. The van der Waals surface area contributed by atoms with Gasteiger partial charge in [0.1, 0.15) is 5.92 Å². The topological polar surface area (TPSA) is 51.2 Å². The summed E-state index contributed by atoms with van der Waals surface area (Å²) in [7, 11) is 0. The van der Waals surface area contributed by atoms with Crippen LogP contribution in [-0.2, 0) is 16.0 Å². The molecule has 1 N–H and O–H groups in total. The number of anilines is 1. The molecule has 1 heterocycles. The lowest BCUT2D eigenvalue weighted by atomic mass is 9.93. The highest BCUT2D eigenvalue weighted by atomic mass is 32.1. The Kier molecular flexibility index (Phi) is 3.24. The van der Waals surface area contributed by atoms with Gasteiger partial charge in [0.2, 0.25) is 0 Å². The molecule has 1 unspecified atom stereocenters.